The summed E-state index contributed by atoms with van der Waals surface area (Å²) in [6.07, 6.45) is 0. The van der Waals surface area contributed by atoms with E-state index in [-0.39, 0.29) is 0 Å². The summed E-state index contributed by atoms with van der Waals surface area (Å²) in [6, 6.07) is 13.8. The molecule has 0 radical (unpaired) electrons. The number of aromatic nitrogens is 3. The Morgan fingerprint density at radius 3 is 2.20 bits per heavy atom. The van der Waals surface area contributed by atoms with Crippen LogP contribution in [-0.2, 0) is 16.0 Å². The van der Waals surface area contributed by atoms with Crippen molar-refractivity contribution >= 4 is 11.9 Å². The third kappa shape index (κ3) is 8.06. The molecule has 2 aromatic carbocycles. The molecule has 35 heavy (non-hydrogen) atoms. The third-order valence-corrected chi connectivity index (χ3v) is 5.03. The molecule has 188 valence electrons. The van der Waals surface area contributed by atoms with Crippen LogP contribution in [-0.4, -0.2) is 68.7 Å². The van der Waals surface area contributed by atoms with Gasteiger partial charge in [-0.1, -0.05) is 42.0 Å². The molecule has 0 aliphatic rings. The van der Waals surface area contributed by atoms with Crippen LogP contribution >= 0.6 is 0 Å². The molecule has 10 heteroatoms. The van der Waals surface area contributed by atoms with Gasteiger partial charge in [-0.05, 0) is 13.0 Å². The largest absolute Gasteiger partial charge is 0.493 e. The van der Waals surface area contributed by atoms with Gasteiger partial charge in [-0.25, -0.2) is 0 Å². The smallest absolute Gasteiger partial charge is 0.228 e. The number of nitrogens with two attached hydrogens (primary N) is 1. The van der Waals surface area contributed by atoms with Gasteiger partial charge in [0.25, 0.3) is 0 Å². The Morgan fingerprint density at radius 2 is 1.51 bits per heavy atom. The minimum Gasteiger partial charge on any atom is -0.493 e. The van der Waals surface area contributed by atoms with E-state index in [0.717, 1.165) is 16.7 Å². The zero-order chi connectivity index (χ0) is 24.9. The predicted molar refractivity (Wildman–Crippen MR) is 136 cm³/mol. The van der Waals surface area contributed by atoms with E-state index in [1.54, 1.807) is 14.2 Å². The number of nitrogens with one attached hydrogen (secondary N) is 2. The van der Waals surface area contributed by atoms with Crippen LogP contribution in [0.1, 0.15) is 11.1 Å². The summed E-state index contributed by atoms with van der Waals surface area (Å²) in [5.74, 6) is 2.80. The van der Waals surface area contributed by atoms with E-state index < -0.39 is 0 Å². The summed E-state index contributed by atoms with van der Waals surface area (Å²) in [4.78, 5) is 13.8. The Morgan fingerprint density at radius 1 is 0.800 bits per heavy atom. The zero-order valence-corrected chi connectivity index (χ0v) is 20.5. The average Bonchev–Trinajstić information content (AvgIpc) is 2.89. The van der Waals surface area contributed by atoms with Crippen LogP contribution in [0.2, 0.25) is 0 Å². The molecule has 4 N–H and O–H groups in total. The number of nitrogens with zero attached hydrogens (tertiary/aromatic N) is 3. The fraction of sp³-hybridized carbons (Fsp3) is 0.400. The molecule has 0 fully saturated rings. The number of hydrogen-bond acceptors (Lipinski definition) is 10. The van der Waals surface area contributed by atoms with Crippen LogP contribution in [0, 0.1) is 6.92 Å². The van der Waals surface area contributed by atoms with E-state index in [2.05, 4.69) is 25.6 Å². The van der Waals surface area contributed by atoms with Gasteiger partial charge in [-0.2, -0.15) is 15.0 Å². The second-order valence-corrected chi connectivity index (χ2v) is 7.62. The number of para-hydroxylation sites is 1. The van der Waals surface area contributed by atoms with E-state index >= 15 is 0 Å². The summed E-state index contributed by atoms with van der Waals surface area (Å²) in [5, 5.41) is 6.50. The molecule has 3 aromatic rings. The Labute approximate surface area is 206 Å². The first-order valence-corrected chi connectivity index (χ1v) is 11.5. The lowest BCUT2D eigenvalue weighted by atomic mass is 10.1. The Kier molecular flexibility index (Phi) is 10.5. The number of rotatable bonds is 15. The molecule has 1 heterocycles. The first kappa shape index (κ1) is 26.1. The molecular formula is C25H34N6O4. The van der Waals surface area contributed by atoms with Crippen LogP contribution in [0.25, 0.3) is 11.4 Å². The van der Waals surface area contributed by atoms with Crippen molar-refractivity contribution in [1.82, 2.24) is 15.0 Å². The molecule has 0 saturated heterocycles. The lowest BCUT2D eigenvalue weighted by Gasteiger charge is -2.14. The highest BCUT2D eigenvalue weighted by Gasteiger charge is 2.12. The van der Waals surface area contributed by atoms with Crippen LogP contribution in [0.5, 0.6) is 11.5 Å². The van der Waals surface area contributed by atoms with Gasteiger partial charge in [-0.3, -0.25) is 0 Å². The first-order valence-electron chi connectivity index (χ1n) is 11.5. The van der Waals surface area contributed by atoms with Gasteiger partial charge in [0.1, 0.15) is 0 Å². The lowest BCUT2D eigenvalue weighted by molar-refractivity contribution is 0.0547. The van der Waals surface area contributed by atoms with Crippen LogP contribution < -0.4 is 25.8 Å². The summed E-state index contributed by atoms with van der Waals surface area (Å²) >= 11 is 0. The highest BCUT2D eigenvalue weighted by atomic mass is 16.5. The summed E-state index contributed by atoms with van der Waals surface area (Å²) in [6.45, 7) is 5.57. The molecular weight excluding hydrogens is 448 g/mol. The number of anilines is 2. The lowest BCUT2D eigenvalue weighted by Crippen LogP contribution is -2.16. The fourth-order valence-corrected chi connectivity index (χ4v) is 3.27. The van der Waals surface area contributed by atoms with Crippen molar-refractivity contribution in [1.29, 1.82) is 0 Å². The van der Waals surface area contributed by atoms with Gasteiger partial charge < -0.3 is 35.3 Å². The van der Waals surface area contributed by atoms with Crippen molar-refractivity contribution in [2.24, 2.45) is 5.73 Å². The fourth-order valence-electron chi connectivity index (χ4n) is 3.27. The molecule has 10 nitrogen and oxygen atoms in total. The molecule has 0 atom stereocenters. The van der Waals surface area contributed by atoms with E-state index in [0.29, 0.717) is 75.3 Å². The van der Waals surface area contributed by atoms with Gasteiger partial charge in [0.05, 0.1) is 40.6 Å². The number of methoxy groups -OCH3 is 2. The Hall–Kier alpha value is -3.47. The SMILES string of the molecule is COc1cccc(CNc2nc(NCCOCCOCCN)nc(-c3ccc(C)cc3)n2)c1OC. The molecule has 0 saturated carbocycles. The summed E-state index contributed by atoms with van der Waals surface area (Å²) in [7, 11) is 3.23. The molecule has 1 aromatic heterocycles. The molecule has 0 aliphatic carbocycles. The molecule has 3 rings (SSSR count). The van der Waals surface area contributed by atoms with Crippen molar-refractivity contribution in [3.8, 4) is 22.9 Å². The molecule has 0 bridgehead atoms. The van der Waals surface area contributed by atoms with Gasteiger partial charge in [-0.15, -0.1) is 0 Å². The highest BCUT2D eigenvalue weighted by molar-refractivity contribution is 5.58. The van der Waals surface area contributed by atoms with Crippen molar-refractivity contribution in [2.45, 2.75) is 13.5 Å². The van der Waals surface area contributed by atoms with E-state index in [1.165, 1.54) is 0 Å². The van der Waals surface area contributed by atoms with E-state index in [9.17, 15) is 0 Å². The number of ether oxygens (including phenoxy) is 4. The van der Waals surface area contributed by atoms with Crippen LogP contribution in [0.15, 0.2) is 42.5 Å². The zero-order valence-electron chi connectivity index (χ0n) is 20.5. The minimum atomic E-state index is 0.444. The Bertz CT molecular complexity index is 1050. The molecule has 0 amide bonds. The summed E-state index contributed by atoms with van der Waals surface area (Å²) in [5.41, 5.74) is 8.38. The van der Waals surface area contributed by atoms with Gasteiger partial charge in [0.15, 0.2) is 17.3 Å². The molecule has 0 spiro atoms. The molecule has 0 unspecified atom stereocenters. The van der Waals surface area contributed by atoms with Crippen molar-refractivity contribution < 1.29 is 18.9 Å². The highest BCUT2D eigenvalue weighted by Crippen LogP contribution is 2.31. The Balaban J connectivity index is 1.70. The average molecular weight is 483 g/mol. The topological polar surface area (TPSA) is 126 Å². The maximum Gasteiger partial charge on any atom is 0.228 e. The van der Waals surface area contributed by atoms with Crippen molar-refractivity contribution in [2.75, 3.05) is 64.4 Å². The van der Waals surface area contributed by atoms with Gasteiger partial charge >= 0.3 is 0 Å². The van der Waals surface area contributed by atoms with Crippen LogP contribution in [0.3, 0.4) is 0 Å². The van der Waals surface area contributed by atoms with Gasteiger partial charge in [0, 0.05) is 30.8 Å². The standard InChI is InChI=1S/C25H34N6O4/c1-18-7-9-19(10-8-18)23-29-24(27-12-14-35-16-15-34-13-11-26)31-25(30-23)28-17-20-5-4-6-21(32-2)22(20)33-3/h4-10H,11-17,26H2,1-3H3,(H2,27,28,29,30,31). The second-order valence-electron chi connectivity index (χ2n) is 7.62. The second kappa shape index (κ2) is 14.1. The van der Waals surface area contributed by atoms with E-state index in [4.69, 9.17) is 24.7 Å². The monoisotopic (exact) mass is 482 g/mol. The normalized spacial score (nSPS) is 10.7. The molecule has 0 aliphatic heterocycles. The van der Waals surface area contributed by atoms with Gasteiger partial charge in [0.2, 0.25) is 11.9 Å². The predicted octanol–water partition coefficient (Wildman–Crippen LogP) is 2.88. The van der Waals surface area contributed by atoms with E-state index in [1.807, 2.05) is 49.4 Å². The third-order valence-electron chi connectivity index (χ3n) is 5.03. The van der Waals surface area contributed by atoms with Crippen molar-refractivity contribution in [3.05, 3.63) is 53.6 Å². The van der Waals surface area contributed by atoms with Crippen LogP contribution in [0.4, 0.5) is 11.9 Å². The number of benzene rings is 2. The number of hydrogen-bond donors (Lipinski definition) is 3. The minimum absolute atomic E-state index is 0.444. The summed E-state index contributed by atoms with van der Waals surface area (Å²) < 4.78 is 21.8. The first-order chi connectivity index (χ1) is 17.1. The maximum absolute atomic E-state index is 5.57. The van der Waals surface area contributed by atoms with Crippen molar-refractivity contribution in [3.63, 3.8) is 0 Å². The number of aryl methyl sites for hydroxylation is 1. The maximum atomic E-state index is 5.57. The quantitative estimate of drug-likeness (QED) is 0.278.